The molecule has 3 aromatic rings. The number of benzene rings is 2. The highest BCUT2D eigenvalue weighted by Crippen LogP contribution is 2.24. The number of anilines is 1. The molecular formula is C29H35ClN6O. The molecule has 0 unspecified atom stereocenters. The molecule has 2 aromatic carbocycles. The van der Waals surface area contributed by atoms with E-state index in [1.165, 1.54) is 11.1 Å². The average molecular weight is 519 g/mol. The van der Waals surface area contributed by atoms with Crippen LogP contribution in [0.1, 0.15) is 27.9 Å². The van der Waals surface area contributed by atoms with Crippen LogP contribution in [0.2, 0.25) is 5.02 Å². The van der Waals surface area contributed by atoms with Crippen LogP contribution in [0.5, 0.6) is 0 Å². The number of pyridine rings is 1. The van der Waals surface area contributed by atoms with Crippen LogP contribution in [0.15, 0.2) is 60.8 Å². The molecule has 3 N–H and O–H groups in total. The van der Waals surface area contributed by atoms with Crippen molar-refractivity contribution in [1.29, 1.82) is 0 Å². The minimum Gasteiger partial charge on any atom is -0.383 e. The number of nitrogens with zero attached hydrogens (tertiary/aromatic N) is 4. The number of rotatable bonds is 7. The first-order chi connectivity index (χ1) is 17.9. The van der Waals surface area contributed by atoms with Crippen molar-refractivity contribution >= 4 is 23.3 Å². The third-order valence-corrected chi connectivity index (χ3v) is 7.63. The lowest BCUT2D eigenvalue weighted by Gasteiger charge is -2.32. The normalized spacial score (nSPS) is 19.2. The minimum atomic E-state index is -0.170. The number of amides is 1. The van der Waals surface area contributed by atoms with Gasteiger partial charge in [0.2, 0.25) is 0 Å². The molecule has 0 radical (unpaired) electrons. The first-order valence-electron chi connectivity index (χ1n) is 13.0. The molecule has 2 fully saturated rings. The summed E-state index contributed by atoms with van der Waals surface area (Å²) in [5.74, 6) is 0.0841. The Kier molecular flexibility index (Phi) is 8.05. The molecule has 2 aliphatic heterocycles. The third-order valence-electron chi connectivity index (χ3n) is 7.38. The molecular weight excluding hydrogens is 484 g/mol. The fraction of sp³-hybridized carbons (Fsp3) is 0.379. The summed E-state index contributed by atoms with van der Waals surface area (Å²) in [6, 6.07) is 18.4. The number of nitrogen functional groups attached to an aromatic ring is 1. The van der Waals surface area contributed by atoms with E-state index in [1.807, 2.05) is 30.3 Å². The Bertz CT molecular complexity index is 1210. The van der Waals surface area contributed by atoms with E-state index in [0.29, 0.717) is 5.56 Å². The fourth-order valence-electron chi connectivity index (χ4n) is 5.09. The maximum Gasteiger partial charge on any atom is 0.255 e. The van der Waals surface area contributed by atoms with E-state index in [1.54, 1.807) is 6.20 Å². The maximum atomic E-state index is 13.1. The SMILES string of the molecule is CN1CCN(Cc2ccc(-c3cnc(N)c(C(=O)N[C@@H]4CCN(Cc5ccc(Cl)cc5)C4)c3)cc2)CC1. The number of likely N-dealkylation sites (tertiary alicyclic amines) is 1. The van der Waals surface area contributed by atoms with Crippen LogP contribution in [-0.4, -0.2) is 77.9 Å². The molecule has 0 bridgehead atoms. The topological polar surface area (TPSA) is 77.7 Å². The number of hydrogen-bond acceptors (Lipinski definition) is 6. The first kappa shape index (κ1) is 25.7. The summed E-state index contributed by atoms with van der Waals surface area (Å²) in [5.41, 5.74) is 11.0. The zero-order valence-electron chi connectivity index (χ0n) is 21.4. The highest BCUT2D eigenvalue weighted by atomic mass is 35.5. The molecule has 7 nitrogen and oxygen atoms in total. The van der Waals surface area contributed by atoms with Crippen LogP contribution in [0.3, 0.4) is 0 Å². The van der Waals surface area contributed by atoms with E-state index in [2.05, 4.69) is 56.3 Å². The number of nitrogens with one attached hydrogen (secondary N) is 1. The molecule has 3 heterocycles. The van der Waals surface area contributed by atoms with Gasteiger partial charge in [-0.05, 0) is 48.4 Å². The van der Waals surface area contributed by atoms with Gasteiger partial charge in [-0.3, -0.25) is 14.6 Å². The highest BCUT2D eigenvalue weighted by molar-refractivity contribution is 6.30. The molecule has 194 valence electrons. The molecule has 1 atom stereocenters. The second kappa shape index (κ2) is 11.6. The van der Waals surface area contributed by atoms with E-state index < -0.39 is 0 Å². The number of carbonyl (C=O) groups is 1. The molecule has 1 aromatic heterocycles. The Morgan fingerprint density at radius 3 is 2.30 bits per heavy atom. The molecule has 37 heavy (non-hydrogen) atoms. The summed E-state index contributed by atoms with van der Waals surface area (Å²) < 4.78 is 0. The van der Waals surface area contributed by atoms with E-state index in [0.717, 1.165) is 74.9 Å². The van der Waals surface area contributed by atoms with Gasteiger partial charge in [-0.25, -0.2) is 4.98 Å². The van der Waals surface area contributed by atoms with Gasteiger partial charge in [0.15, 0.2) is 0 Å². The van der Waals surface area contributed by atoms with Gasteiger partial charge in [0, 0.05) is 75.2 Å². The Morgan fingerprint density at radius 1 is 0.946 bits per heavy atom. The molecule has 0 spiro atoms. The zero-order valence-corrected chi connectivity index (χ0v) is 22.1. The smallest absolute Gasteiger partial charge is 0.255 e. The lowest BCUT2D eigenvalue weighted by molar-refractivity contribution is 0.0938. The van der Waals surface area contributed by atoms with Crippen molar-refractivity contribution in [2.75, 3.05) is 52.0 Å². The average Bonchev–Trinajstić information content (AvgIpc) is 3.34. The molecule has 1 amide bonds. The minimum absolute atomic E-state index is 0.0803. The van der Waals surface area contributed by atoms with Crippen molar-refractivity contribution in [2.24, 2.45) is 0 Å². The van der Waals surface area contributed by atoms with E-state index >= 15 is 0 Å². The van der Waals surface area contributed by atoms with Crippen molar-refractivity contribution in [1.82, 2.24) is 25.0 Å². The van der Waals surface area contributed by atoms with Gasteiger partial charge in [-0.15, -0.1) is 0 Å². The van der Waals surface area contributed by atoms with E-state index in [9.17, 15) is 4.79 Å². The number of halogens is 1. The van der Waals surface area contributed by atoms with Gasteiger partial charge in [0.05, 0.1) is 5.56 Å². The van der Waals surface area contributed by atoms with Crippen LogP contribution < -0.4 is 11.1 Å². The number of likely N-dealkylation sites (N-methyl/N-ethyl adjacent to an activating group) is 1. The quantitative estimate of drug-likeness (QED) is 0.496. The third kappa shape index (κ3) is 6.67. The largest absolute Gasteiger partial charge is 0.383 e. The number of aromatic nitrogens is 1. The second-order valence-corrected chi connectivity index (χ2v) is 10.7. The highest BCUT2D eigenvalue weighted by Gasteiger charge is 2.25. The number of nitrogens with two attached hydrogens (primary N) is 1. The molecule has 2 saturated heterocycles. The van der Waals surface area contributed by atoms with E-state index in [-0.39, 0.29) is 17.8 Å². The van der Waals surface area contributed by atoms with Gasteiger partial charge >= 0.3 is 0 Å². The van der Waals surface area contributed by atoms with Gasteiger partial charge < -0.3 is 16.0 Å². The Labute approximate surface area is 224 Å². The molecule has 0 saturated carbocycles. The Balaban J connectivity index is 1.19. The van der Waals surface area contributed by atoms with Gasteiger partial charge in [-0.2, -0.15) is 0 Å². The number of hydrogen-bond donors (Lipinski definition) is 2. The molecule has 5 rings (SSSR count). The van der Waals surface area contributed by atoms with Gasteiger partial charge in [0.25, 0.3) is 5.91 Å². The summed E-state index contributed by atoms with van der Waals surface area (Å²) in [6.07, 6.45) is 2.64. The standard InChI is InChI=1S/C29H35ClN6O/c1-34-12-14-35(15-13-34)18-21-2-6-23(7-3-21)24-16-27(28(31)32-17-24)29(37)33-26-10-11-36(20-26)19-22-4-8-25(30)9-5-22/h2-9,16-17,26H,10-15,18-20H2,1H3,(H2,31,32)(H,33,37)/t26-/m1/s1. The van der Waals surface area contributed by atoms with Gasteiger partial charge in [-0.1, -0.05) is 48.0 Å². The fourth-order valence-corrected chi connectivity index (χ4v) is 5.21. The lowest BCUT2D eigenvalue weighted by Crippen LogP contribution is -2.43. The van der Waals surface area contributed by atoms with E-state index in [4.69, 9.17) is 17.3 Å². The van der Waals surface area contributed by atoms with Crippen LogP contribution in [-0.2, 0) is 13.1 Å². The van der Waals surface area contributed by atoms with Crippen molar-refractivity contribution < 1.29 is 4.79 Å². The molecule has 8 heteroatoms. The Morgan fingerprint density at radius 2 is 1.59 bits per heavy atom. The summed E-state index contributed by atoms with van der Waals surface area (Å²) in [5, 5.41) is 3.91. The van der Waals surface area contributed by atoms with Crippen molar-refractivity contribution in [3.8, 4) is 11.1 Å². The molecule has 0 aliphatic carbocycles. The summed E-state index contributed by atoms with van der Waals surface area (Å²) in [6.45, 7) is 7.95. The number of piperazine rings is 1. The second-order valence-electron chi connectivity index (χ2n) is 10.3. The predicted octanol–water partition coefficient (Wildman–Crippen LogP) is 3.74. The van der Waals surface area contributed by atoms with Crippen molar-refractivity contribution in [2.45, 2.75) is 25.6 Å². The number of carbonyl (C=O) groups excluding carboxylic acids is 1. The van der Waals surface area contributed by atoms with Crippen LogP contribution in [0.25, 0.3) is 11.1 Å². The monoisotopic (exact) mass is 518 g/mol. The van der Waals surface area contributed by atoms with Gasteiger partial charge in [0.1, 0.15) is 5.82 Å². The van der Waals surface area contributed by atoms with Crippen molar-refractivity contribution in [3.05, 3.63) is 82.5 Å². The zero-order chi connectivity index (χ0) is 25.8. The van der Waals surface area contributed by atoms with Crippen LogP contribution in [0, 0.1) is 0 Å². The lowest BCUT2D eigenvalue weighted by atomic mass is 10.0. The van der Waals surface area contributed by atoms with Crippen LogP contribution in [0.4, 0.5) is 5.82 Å². The maximum absolute atomic E-state index is 13.1. The first-order valence-corrected chi connectivity index (χ1v) is 13.3. The Hall–Kier alpha value is -2.97. The summed E-state index contributed by atoms with van der Waals surface area (Å²) in [7, 11) is 2.17. The summed E-state index contributed by atoms with van der Waals surface area (Å²) in [4.78, 5) is 24.7. The summed E-state index contributed by atoms with van der Waals surface area (Å²) >= 11 is 6.00. The van der Waals surface area contributed by atoms with Crippen LogP contribution >= 0.6 is 11.6 Å². The van der Waals surface area contributed by atoms with Crippen molar-refractivity contribution in [3.63, 3.8) is 0 Å². The predicted molar refractivity (Wildman–Crippen MR) is 149 cm³/mol. The molecule has 2 aliphatic rings.